The largest absolute Gasteiger partial charge is 0.454 e. The Hall–Kier alpha value is -0.240. The van der Waals surface area contributed by atoms with Gasteiger partial charge in [-0.25, -0.2) is 0 Å². The normalized spacial score (nSPS) is 18.3. The zero-order valence-electron chi connectivity index (χ0n) is 4.93. The van der Waals surface area contributed by atoms with Crippen molar-refractivity contribution in [3.63, 3.8) is 0 Å². The summed E-state index contributed by atoms with van der Waals surface area (Å²) in [4.78, 5) is 0. The second-order valence-corrected chi connectivity index (χ2v) is 3.20. The third-order valence-corrected chi connectivity index (χ3v) is 2.00. The van der Waals surface area contributed by atoms with Crippen LogP contribution >= 0.6 is 15.9 Å². The molecule has 48 valence electrons. The molecule has 0 unspecified atom stereocenters. The van der Waals surface area contributed by atoms with Crippen molar-refractivity contribution >= 4 is 15.9 Å². The number of halogens is 1. The van der Waals surface area contributed by atoms with Crippen LogP contribution in [0.3, 0.4) is 0 Å². The van der Waals surface area contributed by atoms with Crippen LogP contribution in [0.4, 0.5) is 0 Å². The summed E-state index contributed by atoms with van der Waals surface area (Å²) in [6.07, 6.45) is 2.61. The molecule has 0 aliphatic heterocycles. The van der Waals surface area contributed by atoms with Gasteiger partial charge < -0.3 is 4.42 Å². The quantitative estimate of drug-likeness (QED) is 0.658. The van der Waals surface area contributed by atoms with E-state index in [1.165, 1.54) is 12.8 Å². The molecule has 0 radical (unpaired) electrons. The van der Waals surface area contributed by atoms with Gasteiger partial charge >= 0.3 is 0 Å². The summed E-state index contributed by atoms with van der Waals surface area (Å²) in [5, 5.41) is 0. The number of hydrogen-bond acceptors (Lipinski definition) is 1. The first kappa shape index (κ1) is 5.54. The Morgan fingerprint density at radius 2 is 2.22 bits per heavy atom. The Morgan fingerprint density at radius 3 is 2.67 bits per heavy atom. The fraction of sp³-hybridized carbons (Fsp3) is 0.429. The van der Waals surface area contributed by atoms with Gasteiger partial charge in [0.2, 0.25) is 0 Å². The van der Waals surface area contributed by atoms with E-state index >= 15 is 0 Å². The molecule has 1 aromatic heterocycles. The Kier molecular flexibility index (Phi) is 1.15. The van der Waals surface area contributed by atoms with Crippen molar-refractivity contribution in [1.82, 2.24) is 0 Å². The molecule has 2 rings (SSSR count). The van der Waals surface area contributed by atoms with Crippen LogP contribution in [-0.2, 0) is 0 Å². The molecule has 1 aromatic rings. The van der Waals surface area contributed by atoms with Crippen molar-refractivity contribution in [1.29, 1.82) is 0 Å². The molecule has 1 nitrogen and oxygen atoms in total. The zero-order valence-corrected chi connectivity index (χ0v) is 6.52. The third-order valence-electron chi connectivity index (χ3n) is 1.57. The highest BCUT2D eigenvalue weighted by molar-refractivity contribution is 9.10. The van der Waals surface area contributed by atoms with E-state index in [0.717, 1.165) is 16.3 Å². The first-order valence-corrected chi connectivity index (χ1v) is 3.91. The van der Waals surface area contributed by atoms with Gasteiger partial charge in [0, 0.05) is 5.92 Å². The lowest BCUT2D eigenvalue weighted by atomic mass is 10.3. The SMILES string of the molecule is Brc1ccc(C2CC2)o1. The molecule has 0 spiro atoms. The average Bonchev–Trinajstić information content (AvgIpc) is 2.58. The first-order chi connectivity index (χ1) is 4.36. The van der Waals surface area contributed by atoms with E-state index in [2.05, 4.69) is 15.9 Å². The van der Waals surface area contributed by atoms with Crippen molar-refractivity contribution in [2.24, 2.45) is 0 Å². The van der Waals surface area contributed by atoms with Crippen LogP contribution in [0.1, 0.15) is 24.5 Å². The van der Waals surface area contributed by atoms with E-state index in [0.29, 0.717) is 0 Å². The lowest BCUT2D eigenvalue weighted by molar-refractivity contribution is 0.490. The van der Waals surface area contributed by atoms with Gasteiger partial charge in [0.25, 0.3) is 0 Å². The Bertz CT molecular complexity index is 212. The minimum atomic E-state index is 0.733. The maximum absolute atomic E-state index is 5.32. The summed E-state index contributed by atoms with van der Waals surface area (Å²) in [6, 6.07) is 4.00. The van der Waals surface area contributed by atoms with Crippen LogP contribution in [-0.4, -0.2) is 0 Å². The zero-order chi connectivity index (χ0) is 6.27. The van der Waals surface area contributed by atoms with Crippen LogP contribution < -0.4 is 0 Å². The lowest BCUT2D eigenvalue weighted by Crippen LogP contribution is -1.66. The Morgan fingerprint density at radius 1 is 1.44 bits per heavy atom. The van der Waals surface area contributed by atoms with Crippen LogP contribution in [0, 0.1) is 0 Å². The van der Waals surface area contributed by atoms with Gasteiger partial charge in [0.15, 0.2) is 4.67 Å². The predicted octanol–water partition coefficient (Wildman–Crippen LogP) is 2.92. The lowest BCUT2D eigenvalue weighted by Gasteiger charge is -1.84. The van der Waals surface area contributed by atoms with Gasteiger partial charge in [-0.1, -0.05) is 0 Å². The van der Waals surface area contributed by atoms with Gasteiger partial charge in [-0.15, -0.1) is 0 Å². The van der Waals surface area contributed by atoms with Crippen molar-refractivity contribution < 1.29 is 4.42 Å². The van der Waals surface area contributed by atoms with Gasteiger partial charge in [-0.2, -0.15) is 0 Å². The predicted molar refractivity (Wildman–Crippen MR) is 38.4 cm³/mol. The van der Waals surface area contributed by atoms with E-state index in [1.54, 1.807) is 0 Å². The molecule has 2 heteroatoms. The standard InChI is InChI=1S/C7H7BrO/c8-7-4-3-6(9-7)5-1-2-5/h3-5H,1-2H2. The van der Waals surface area contributed by atoms with E-state index in [-0.39, 0.29) is 0 Å². The molecule has 0 bridgehead atoms. The van der Waals surface area contributed by atoms with Gasteiger partial charge in [-0.05, 0) is 40.9 Å². The van der Waals surface area contributed by atoms with Crippen molar-refractivity contribution in [2.45, 2.75) is 18.8 Å². The summed E-state index contributed by atoms with van der Waals surface area (Å²) in [5.41, 5.74) is 0. The van der Waals surface area contributed by atoms with E-state index in [9.17, 15) is 0 Å². The first-order valence-electron chi connectivity index (χ1n) is 3.11. The highest BCUT2D eigenvalue weighted by Crippen LogP contribution is 2.41. The molecule has 1 fully saturated rings. The molecule has 0 aromatic carbocycles. The monoisotopic (exact) mass is 186 g/mol. The fourth-order valence-electron chi connectivity index (χ4n) is 0.916. The van der Waals surface area contributed by atoms with Crippen molar-refractivity contribution in [3.05, 3.63) is 22.6 Å². The molecule has 1 aliphatic carbocycles. The summed E-state index contributed by atoms with van der Waals surface area (Å²) in [7, 11) is 0. The fourth-order valence-corrected chi connectivity index (χ4v) is 1.23. The highest BCUT2D eigenvalue weighted by atomic mass is 79.9. The van der Waals surface area contributed by atoms with Crippen LogP contribution in [0.25, 0.3) is 0 Å². The summed E-state index contributed by atoms with van der Waals surface area (Å²) < 4.78 is 6.18. The second kappa shape index (κ2) is 1.87. The molecule has 1 aliphatic rings. The molecular formula is C7H7BrO. The third kappa shape index (κ3) is 1.04. The minimum absolute atomic E-state index is 0.733. The molecule has 0 amide bonds. The maximum Gasteiger partial charge on any atom is 0.169 e. The molecule has 0 saturated heterocycles. The number of furan rings is 1. The summed E-state index contributed by atoms with van der Waals surface area (Å²) >= 11 is 3.26. The van der Waals surface area contributed by atoms with Crippen LogP contribution in [0.5, 0.6) is 0 Å². The topological polar surface area (TPSA) is 13.1 Å². The minimum Gasteiger partial charge on any atom is -0.454 e. The molecule has 1 saturated carbocycles. The molecular weight excluding hydrogens is 180 g/mol. The summed E-state index contributed by atoms with van der Waals surface area (Å²) in [5.74, 6) is 1.87. The van der Waals surface area contributed by atoms with Crippen molar-refractivity contribution in [3.8, 4) is 0 Å². The van der Waals surface area contributed by atoms with Gasteiger partial charge in [0.1, 0.15) is 5.76 Å². The Balaban J connectivity index is 2.28. The number of hydrogen-bond donors (Lipinski definition) is 0. The van der Waals surface area contributed by atoms with E-state index < -0.39 is 0 Å². The molecule has 1 heterocycles. The second-order valence-electron chi connectivity index (χ2n) is 2.42. The Labute approximate surface area is 62.2 Å². The number of rotatable bonds is 1. The molecule has 0 N–H and O–H groups in total. The van der Waals surface area contributed by atoms with Crippen LogP contribution in [0.2, 0.25) is 0 Å². The molecule has 0 atom stereocenters. The van der Waals surface area contributed by atoms with E-state index in [1.807, 2.05) is 12.1 Å². The average molecular weight is 187 g/mol. The highest BCUT2D eigenvalue weighted by Gasteiger charge is 2.26. The van der Waals surface area contributed by atoms with Gasteiger partial charge in [-0.3, -0.25) is 0 Å². The van der Waals surface area contributed by atoms with Gasteiger partial charge in [0.05, 0.1) is 0 Å². The summed E-state index contributed by atoms with van der Waals surface area (Å²) in [6.45, 7) is 0. The molecule has 9 heavy (non-hydrogen) atoms. The van der Waals surface area contributed by atoms with Crippen LogP contribution in [0.15, 0.2) is 21.2 Å². The van der Waals surface area contributed by atoms with Crippen molar-refractivity contribution in [2.75, 3.05) is 0 Å². The smallest absolute Gasteiger partial charge is 0.169 e. The van der Waals surface area contributed by atoms with E-state index in [4.69, 9.17) is 4.42 Å². The maximum atomic E-state index is 5.32.